The first-order chi connectivity index (χ1) is 13.2. The van der Waals surface area contributed by atoms with E-state index >= 15 is 0 Å². The van der Waals surface area contributed by atoms with E-state index in [0.717, 1.165) is 29.7 Å². The predicted molar refractivity (Wildman–Crippen MR) is 109 cm³/mol. The highest BCUT2D eigenvalue weighted by molar-refractivity contribution is 5.93. The number of carbonyl (C=O) groups is 1. The van der Waals surface area contributed by atoms with Crippen molar-refractivity contribution < 1.29 is 4.79 Å². The Bertz CT molecular complexity index is 909. The van der Waals surface area contributed by atoms with Crippen LogP contribution < -0.4 is 10.6 Å². The number of carbonyl (C=O) groups excluding carboxylic acids is 1. The minimum Gasteiger partial charge on any atom is -0.370 e. The topological polar surface area (TPSA) is 66.9 Å². The highest BCUT2D eigenvalue weighted by Crippen LogP contribution is 2.18. The van der Waals surface area contributed by atoms with Gasteiger partial charge in [0.25, 0.3) is 5.91 Å². The largest absolute Gasteiger partial charge is 0.370 e. The number of rotatable bonds is 7. The van der Waals surface area contributed by atoms with Gasteiger partial charge in [-0.3, -0.25) is 4.79 Å². The van der Waals surface area contributed by atoms with Crippen LogP contribution in [-0.2, 0) is 6.54 Å². The first kappa shape index (κ1) is 18.6. The molecule has 0 unspecified atom stereocenters. The Morgan fingerprint density at radius 3 is 2.48 bits per heavy atom. The van der Waals surface area contributed by atoms with Gasteiger partial charge in [-0.1, -0.05) is 61.5 Å². The molecule has 1 amide bonds. The van der Waals surface area contributed by atoms with Gasteiger partial charge in [0, 0.05) is 24.7 Å². The lowest BCUT2D eigenvalue weighted by Crippen LogP contribution is -2.25. The molecule has 27 heavy (non-hydrogen) atoms. The number of aromatic nitrogens is 2. The molecule has 0 bridgehead atoms. The molecule has 5 nitrogen and oxygen atoms in total. The van der Waals surface area contributed by atoms with E-state index in [9.17, 15) is 4.79 Å². The fraction of sp³-hybridized carbons (Fsp3) is 0.227. The smallest absolute Gasteiger partial charge is 0.270 e. The molecule has 0 saturated carbocycles. The lowest BCUT2D eigenvalue weighted by atomic mass is 10.1. The van der Waals surface area contributed by atoms with E-state index in [4.69, 9.17) is 0 Å². The van der Waals surface area contributed by atoms with E-state index in [-0.39, 0.29) is 5.91 Å². The summed E-state index contributed by atoms with van der Waals surface area (Å²) in [7, 11) is 0. The van der Waals surface area contributed by atoms with Crippen LogP contribution in [0.15, 0.2) is 60.7 Å². The maximum absolute atomic E-state index is 12.7. The molecule has 0 aliphatic rings. The summed E-state index contributed by atoms with van der Waals surface area (Å²) in [5.74, 6) is 0.988. The summed E-state index contributed by atoms with van der Waals surface area (Å²) in [6, 6.07) is 19.4. The van der Waals surface area contributed by atoms with Gasteiger partial charge in [-0.2, -0.15) is 0 Å². The Hall–Kier alpha value is -3.21. The summed E-state index contributed by atoms with van der Waals surface area (Å²) >= 11 is 0. The third-order valence-electron chi connectivity index (χ3n) is 4.25. The highest BCUT2D eigenvalue weighted by atomic mass is 16.1. The zero-order chi connectivity index (χ0) is 19.1. The summed E-state index contributed by atoms with van der Waals surface area (Å²) in [5.41, 5.74) is 3.48. The molecule has 2 aromatic carbocycles. The van der Waals surface area contributed by atoms with Crippen LogP contribution >= 0.6 is 0 Å². The quantitative estimate of drug-likeness (QED) is 0.662. The molecule has 0 radical (unpaired) electrons. The Morgan fingerprint density at radius 1 is 1.00 bits per heavy atom. The lowest BCUT2D eigenvalue weighted by molar-refractivity contribution is 0.0946. The maximum Gasteiger partial charge on any atom is 0.270 e. The molecular weight excluding hydrogens is 336 g/mol. The van der Waals surface area contributed by atoms with E-state index in [2.05, 4.69) is 27.5 Å². The molecule has 3 rings (SSSR count). The fourth-order valence-electron chi connectivity index (χ4n) is 2.70. The zero-order valence-electron chi connectivity index (χ0n) is 15.7. The SMILES string of the molecule is CCCNc1cc(C(=O)NCc2ccccc2C)nc(-c2ccccc2)n1. The molecular formula is C22H24N4O. The number of amides is 1. The first-order valence-electron chi connectivity index (χ1n) is 9.18. The molecule has 0 fully saturated rings. The first-order valence-corrected chi connectivity index (χ1v) is 9.18. The van der Waals surface area contributed by atoms with Crippen LogP contribution in [0.25, 0.3) is 11.4 Å². The average Bonchev–Trinajstić information content (AvgIpc) is 2.72. The van der Waals surface area contributed by atoms with Crippen molar-refractivity contribution in [1.82, 2.24) is 15.3 Å². The van der Waals surface area contributed by atoms with E-state index in [1.54, 1.807) is 6.07 Å². The molecule has 0 spiro atoms. The normalized spacial score (nSPS) is 10.4. The minimum atomic E-state index is -0.211. The van der Waals surface area contributed by atoms with E-state index in [1.807, 2.05) is 61.5 Å². The zero-order valence-corrected chi connectivity index (χ0v) is 15.7. The third-order valence-corrected chi connectivity index (χ3v) is 4.25. The molecule has 0 aliphatic heterocycles. The van der Waals surface area contributed by atoms with Gasteiger partial charge in [0.15, 0.2) is 5.82 Å². The number of nitrogens with zero attached hydrogens (tertiary/aromatic N) is 2. The van der Waals surface area contributed by atoms with Crippen LogP contribution in [0.3, 0.4) is 0 Å². The van der Waals surface area contributed by atoms with Gasteiger partial charge in [-0.05, 0) is 24.5 Å². The molecule has 138 valence electrons. The van der Waals surface area contributed by atoms with Gasteiger partial charge in [0.2, 0.25) is 0 Å². The third kappa shape index (κ3) is 4.91. The second-order valence-corrected chi connectivity index (χ2v) is 6.36. The predicted octanol–water partition coefficient (Wildman–Crippen LogP) is 4.20. The summed E-state index contributed by atoms with van der Waals surface area (Å²) < 4.78 is 0. The van der Waals surface area contributed by atoms with E-state index < -0.39 is 0 Å². The van der Waals surface area contributed by atoms with E-state index in [1.165, 1.54) is 0 Å². The maximum atomic E-state index is 12.7. The van der Waals surface area contributed by atoms with Crippen molar-refractivity contribution in [2.45, 2.75) is 26.8 Å². The van der Waals surface area contributed by atoms with Crippen molar-refractivity contribution in [3.05, 3.63) is 77.5 Å². The second-order valence-electron chi connectivity index (χ2n) is 6.36. The van der Waals surface area contributed by atoms with Crippen molar-refractivity contribution in [2.24, 2.45) is 0 Å². The van der Waals surface area contributed by atoms with Crippen LogP contribution in [0.1, 0.15) is 35.0 Å². The van der Waals surface area contributed by atoms with E-state index in [0.29, 0.717) is 23.9 Å². The number of nitrogens with one attached hydrogen (secondary N) is 2. The van der Waals surface area contributed by atoms with Gasteiger partial charge < -0.3 is 10.6 Å². The number of anilines is 1. The Kier molecular flexibility index (Phi) is 6.15. The van der Waals surface area contributed by atoms with Gasteiger partial charge in [0.1, 0.15) is 11.5 Å². The number of aryl methyl sites for hydroxylation is 1. The summed E-state index contributed by atoms with van der Waals surface area (Å²) in [5, 5.41) is 6.21. The Labute approximate surface area is 159 Å². The van der Waals surface area contributed by atoms with Crippen LogP contribution in [0.2, 0.25) is 0 Å². The highest BCUT2D eigenvalue weighted by Gasteiger charge is 2.13. The van der Waals surface area contributed by atoms with Crippen molar-refractivity contribution in [3.63, 3.8) is 0 Å². The molecule has 3 aromatic rings. The average molecular weight is 360 g/mol. The lowest BCUT2D eigenvalue weighted by Gasteiger charge is -2.11. The Balaban J connectivity index is 1.84. The van der Waals surface area contributed by atoms with Gasteiger partial charge >= 0.3 is 0 Å². The molecule has 5 heteroatoms. The second kappa shape index (κ2) is 8.94. The minimum absolute atomic E-state index is 0.211. The summed E-state index contributed by atoms with van der Waals surface area (Å²) in [4.78, 5) is 21.7. The molecule has 0 aliphatic carbocycles. The van der Waals surface area contributed by atoms with Crippen LogP contribution in [0, 0.1) is 6.92 Å². The Morgan fingerprint density at radius 2 is 1.74 bits per heavy atom. The number of hydrogen-bond donors (Lipinski definition) is 2. The summed E-state index contributed by atoms with van der Waals surface area (Å²) in [6.07, 6.45) is 0.972. The fourth-order valence-corrected chi connectivity index (χ4v) is 2.70. The van der Waals surface area contributed by atoms with Crippen molar-refractivity contribution in [3.8, 4) is 11.4 Å². The van der Waals surface area contributed by atoms with Crippen molar-refractivity contribution in [1.29, 1.82) is 0 Å². The number of hydrogen-bond acceptors (Lipinski definition) is 4. The molecule has 1 heterocycles. The summed E-state index contributed by atoms with van der Waals surface area (Å²) in [6.45, 7) is 5.37. The van der Waals surface area contributed by atoms with Gasteiger partial charge in [-0.25, -0.2) is 9.97 Å². The molecule has 0 saturated heterocycles. The van der Waals surface area contributed by atoms with Crippen LogP contribution in [0.5, 0.6) is 0 Å². The van der Waals surface area contributed by atoms with Crippen LogP contribution in [-0.4, -0.2) is 22.4 Å². The van der Waals surface area contributed by atoms with Crippen molar-refractivity contribution >= 4 is 11.7 Å². The number of benzene rings is 2. The van der Waals surface area contributed by atoms with Gasteiger partial charge in [-0.15, -0.1) is 0 Å². The van der Waals surface area contributed by atoms with Crippen molar-refractivity contribution in [2.75, 3.05) is 11.9 Å². The van der Waals surface area contributed by atoms with Gasteiger partial charge in [0.05, 0.1) is 0 Å². The van der Waals surface area contributed by atoms with Crippen LogP contribution in [0.4, 0.5) is 5.82 Å². The molecule has 0 atom stereocenters. The standard InChI is InChI=1S/C22H24N4O/c1-3-13-23-20-14-19(25-21(26-20)17-10-5-4-6-11-17)22(27)24-15-18-12-8-7-9-16(18)2/h4-12,14H,3,13,15H2,1-2H3,(H,24,27)(H,23,25,26). The monoisotopic (exact) mass is 360 g/mol. The molecule has 2 N–H and O–H groups in total. The molecule has 1 aromatic heterocycles.